The zero-order valence-electron chi connectivity index (χ0n) is 19.7. The number of carbonyl (C=O) groups excluding carboxylic acids is 1. The summed E-state index contributed by atoms with van der Waals surface area (Å²) in [4.78, 5) is 33.0. The van der Waals surface area contributed by atoms with Crippen molar-refractivity contribution in [1.82, 2.24) is 15.1 Å². The standard InChI is InChI=1S/C22H33N3O3.2CH2O2/c26-21-16-28-22(17-23-21)8-12-25(18-22)15-19-6-4-7-20(14-19)27-13-5-11-24-9-2-1-3-10-24;2*2-1-3/h4,6-7,14H,1-3,5,8-13,15-18H2,(H,23,26);2*1H,(H,2,3). The van der Waals surface area contributed by atoms with Gasteiger partial charge in [0, 0.05) is 32.7 Å². The number of amides is 1. The van der Waals surface area contributed by atoms with Crippen molar-refractivity contribution in [2.45, 2.75) is 44.2 Å². The van der Waals surface area contributed by atoms with Crippen molar-refractivity contribution < 1.29 is 34.1 Å². The van der Waals surface area contributed by atoms with Gasteiger partial charge in [0.2, 0.25) is 5.91 Å². The summed E-state index contributed by atoms with van der Waals surface area (Å²) < 4.78 is 11.9. The molecule has 1 atom stereocenters. The van der Waals surface area contributed by atoms with Crippen LogP contribution in [0.4, 0.5) is 0 Å². The molecular formula is C24H37N3O7. The van der Waals surface area contributed by atoms with E-state index in [1.54, 1.807) is 0 Å². The van der Waals surface area contributed by atoms with Gasteiger partial charge < -0.3 is 29.9 Å². The first-order chi connectivity index (χ1) is 16.5. The third-order valence-electron chi connectivity index (χ3n) is 6.15. The molecule has 3 saturated heterocycles. The zero-order chi connectivity index (χ0) is 24.7. The van der Waals surface area contributed by atoms with Gasteiger partial charge in [-0.25, -0.2) is 0 Å². The molecule has 1 aromatic carbocycles. The minimum Gasteiger partial charge on any atom is -0.494 e. The van der Waals surface area contributed by atoms with E-state index in [0.29, 0.717) is 6.54 Å². The molecule has 3 fully saturated rings. The van der Waals surface area contributed by atoms with Gasteiger partial charge in [0.05, 0.1) is 12.2 Å². The van der Waals surface area contributed by atoms with Gasteiger partial charge in [-0.3, -0.25) is 19.3 Å². The number of carboxylic acid groups (broad SMARTS) is 2. The van der Waals surface area contributed by atoms with Gasteiger partial charge in [-0.15, -0.1) is 0 Å². The van der Waals surface area contributed by atoms with E-state index in [4.69, 9.17) is 29.3 Å². The van der Waals surface area contributed by atoms with Crippen LogP contribution < -0.4 is 10.1 Å². The lowest BCUT2D eigenvalue weighted by atomic mass is 10.0. The topological polar surface area (TPSA) is 129 Å². The maximum Gasteiger partial charge on any atom is 0.290 e. The quantitative estimate of drug-likeness (QED) is 0.393. The first-order valence-corrected chi connectivity index (χ1v) is 11.8. The number of piperidine rings is 1. The highest BCUT2D eigenvalue weighted by Crippen LogP contribution is 2.28. The second-order valence-electron chi connectivity index (χ2n) is 8.67. The molecular weight excluding hydrogens is 442 g/mol. The van der Waals surface area contributed by atoms with E-state index in [1.165, 1.54) is 37.9 Å². The second-order valence-corrected chi connectivity index (χ2v) is 8.67. The molecule has 3 N–H and O–H groups in total. The van der Waals surface area contributed by atoms with Gasteiger partial charge in [0.15, 0.2) is 0 Å². The molecule has 34 heavy (non-hydrogen) atoms. The Bertz CT molecular complexity index is 740. The Balaban J connectivity index is 0.000000618. The maximum absolute atomic E-state index is 11.3. The van der Waals surface area contributed by atoms with Crippen molar-refractivity contribution in [1.29, 1.82) is 0 Å². The minimum absolute atomic E-state index is 0.00536. The number of nitrogens with one attached hydrogen (secondary N) is 1. The van der Waals surface area contributed by atoms with E-state index < -0.39 is 0 Å². The summed E-state index contributed by atoms with van der Waals surface area (Å²) in [5.41, 5.74) is 1.07. The third kappa shape index (κ3) is 9.66. The Morgan fingerprint density at radius 2 is 1.82 bits per heavy atom. The lowest BCUT2D eigenvalue weighted by molar-refractivity contribution is -0.142. The second kappa shape index (κ2) is 15.3. The van der Waals surface area contributed by atoms with Crippen LogP contribution in [0, 0.1) is 0 Å². The van der Waals surface area contributed by atoms with E-state index in [1.807, 2.05) is 0 Å². The van der Waals surface area contributed by atoms with Gasteiger partial charge in [-0.05, 0) is 56.5 Å². The van der Waals surface area contributed by atoms with Crippen molar-refractivity contribution in [3.8, 4) is 5.75 Å². The fourth-order valence-electron chi connectivity index (χ4n) is 4.56. The van der Waals surface area contributed by atoms with Gasteiger partial charge in [0.25, 0.3) is 12.9 Å². The van der Waals surface area contributed by atoms with Gasteiger partial charge in [-0.1, -0.05) is 18.6 Å². The van der Waals surface area contributed by atoms with Crippen LogP contribution in [0.25, 0.3) is 0 Å². The number of carbonyl (C=O) groups is 3. The highest BCUT2D eigenvalue weighted by Gasteiger charge is 2.41. The Labute approximate surface area is 200 Å². The fourth-order valence-corrected chi connectivity index (χ4v) is 4.56. The SMILES string of the molecule is O=C1COC2(CCN(Cc3cccc(OCCCN4CCCCC4)c3)C2)CN1.O=CO.O=CO. The van der Waals surface area contributed by atoms with E-state index in [0.717, 1.165) is 51.4 Å². The highest BCUT2D eigenvalue weighted by atomic mass is 16.5. The summed E-state index contributed by atoms with van der Waals surface area (Å²) >= 11 is 0. The number of nitrogens with zero attached hydrogens (tertiary/aromatic N) is 2. The largest absolute Gasteiger partial charge is 0.494 e. The van der Waals surface area contributed by atoms with Gasteiger partial charge in [-0.2, -0.15) is 0 Å². The summed E-state index contributed by atoms with van der Waals surface area (Å²) in [5, 5.41) is 16.7. The number of hydrogen-bond donors (Lipinski definition) is 3. The van der Waals surface area contributed by atoms with Crippen LogP contribution in [0.15, 0.2) is 24.3 Å². The van der Waals surface area contributed by atoms with Gasteiger partial charge >= 0.3 is 0 Å². The molecule has 0 saturated carbocycles. The Morgan fingerprint density at radius 3 is 2.50 bits per heavy atom. The summed E-state index contributed by atoms with van der Waals surface area (Å²) in [7, 11) is 0. The van der Waals surface area contributed by atoms with E-state index in [2.05, 4.69) is 39.4 Å². The number of hydrogen-bond acceptors (Lipinski definition) is 7. The fraction of sp³-hybridized carbons (Fsp3) is 0.625. The Hall–Kier alpha value is -2.69. The summed E-state index contributed by atoms with van der Waals surface area (Å²) in [6.07, 6.45) is 6.14. The molecule has 4 rings (SSSR count). The van der Waals surface area contributed by atoms with Crippen LogP contribution in [0.3, 0.4) is 0 Å². The van der Waals surface area contributed by atoms with Crippen LogP contribution in [0.2, 0.25) is 0 Å². The van der Waals surface area contributed by atoms with Crippen LogP contribution in [-0.2, 0) is 25.7 Å². The van der Waals surface area contributed by atoms with Gasteiger partial charge in [0.1, 0.15) is 12.4 Å². The van der Waals surface area contributed by atoms with Crippen molar-refractivity contribution in [2.75, 3.05) is 52.5 Å². The molecule has 3 aliphatic rings. The molecule has 10 heteroatoms. The number of morpholine rings is 1. The molecule has 1 amide bonds. The highest BCUT2D eigenvalue weighted by molar-refractivity contribution is 5.78. The molecule has 190 valence electrons. The van der Waals surface area contributed by atoms with Crippen molar-refractivity contribution in [3.05, 3.63) is 29.8 Å². The van der Waals surface area contributed by atoms with Crippen LogP contribution in [-0.4, -0.2) is 96.9 Å². The van der Waals surface area contributed by atoms with Crippen LogP contribution in [0.1, 0.15) is 37.7 Å². The maximum atomic E-state index is 11.3. The minimum atomic E-state index is -0.250. The van der Waals surface area contributed by atoms with Crippen molar-refractivity contribution in [2.24, 2.45) is 0 Å². The summed E-state index contributed by atoms with van der Waals surface area (Å²) in [6, 6.07) is 8.46. The molecule has 0 bridgehead atoms. The van der Waals surface area contributed by atoms with E-state index >= 15 is 0 Å². The summed E-state index contributed by atoms with van der Waals surface area (Å²) in [6.45, 7) is 7.50. The van der Waals surface area contributed by atoms with E-state index in [9.17, 15) is 4.79 Å². The molecule has 1 unspecified atom stereocenters. The predicted molar refractivity (Wildman–Crippen MR) is 126 cm³/mol. The Kier molecular flexibility index (Phi) is 12.4. The lowest BCUT2D eigenvalue weighted by Gasteiger charge is -2.33. The van der Waals surface area contributed by atoms with Crippen LogP contribution >= 0.6 is 0 Å². The molecule has 0 radical (unpaired) electrons. The molecule has 10 nitrogen and oxygen atoms in total. The van der Waals surface area contributed by atoms with Crippen LogP contribution in [0.5, 0.6) is 5.75 Å². The smallest absolute Gasteiger partial charge is 0.290 e. The Morgan fingerprint density at radius 1 is 1.09 bits per heavy atom. The molecule has 1 spiro atoms. The number of rotatable bonds is 7. The molecule has 3 aliphatic heterocycles. The predicted octanol–water partition coefficient (Wildman–Crippen LogP) is 1.43. The number of ether oxygens (including phenoxy) is 2. The average Bonchev–Trinajstić information content (AvgIpc) is 3.23. The average molecular weight is 480 g/mol. The third-order valence-corrected chi connectivity index (χ3v) is 6.15. The lowest BCUT2D eigenvalue weighted by Crippen LogP contribution is -2.53. The number of benzene rings is 1. The van der Waals surface area contributed by atoms with Crippen molar-refractivity contribution in [3.63, 3.8) is 0 Å². The number of likely N-dealkylation sites (tertiary alicyclic amines) is 2. The molecule has 0 aromatic heterocycles. The van der Waals surface area contributed by atoms with E-state index in [-0.39, 0.29) is 31.1 Å². The normalized spacial score (nSPS) is 22.5. The monoisotopic (exact) mass is 479 g/mol. The molecule has 3 heterocycles. The zero-order valence-corrected chi connectivity index (χ0v) is 19.7. The van der Waals surface area contributed by atoms with Crippen molar-refractivity contribution >= 4 is 18.9 Å². The first-order valence-electron chi connectivity index (χ1n) is 11.8. The molecule has 0 aliphatic carbocycles. The first kappa shape index (κ1) is 27.6. The summed E-state index contributed by atoms with van der Waals surface area (Å²) in [5.74, 6) is 0.959. The molecule has 1 aromatic rings.